The van der Waals surface area contributed by atoms with Crippen LogP contribution in [0.3, 0.4) is 0 Å². The molecule has 0 heterocycles. The molecule has 0 radical (unpaired) electrons. The summed E-state index contributed by atoms with van der Waals surface area (Å²) >= 11 is 3.43. The molecule has 1 atom stereocenters. The number of fused-ring (bicyclic) bond motifs is 1. The van der Waals surface area contributed by atoms with Crippen LogP contribution in [0.25, 0.3) is 10.8 Å². The lowest BCUT2D eigenvalue weighted by Gasteiger charge is -2.13. The van der Waals surface area contributed by atoms with E-state index in [1.54, 1.807) is 6.92 Å². The van der Waals surface area contributed by atoms with Crippen LogP contribution in [0.15, 0.2) is 46.0 Å². The first kappa shape index (κ1) is 12.7. The van der Waals surface area contributed by atoms with E-state index in [9.17, 15) is 0 Å². The van der Waals surface area contributed by atoms with Crippen LogP contribution >= 0.6 is 15.9 Å². The summed E-state index contributed by atoms with van der Waals surface area (Å²) in [6, 6.07) is 11.7. The Morgan fingerprint density at radius 1 is 1.28 bits per heavy atom. The zero-order chi connectivity index (χ0) is 13.1. The van der Waals surface area contributed by atoms with E-state index in [0.717, 1.165) is 15.2 Å². The molecule has 2 rings (SSSR count). The predicted molar refractivity (Wildman–Crippen MR) is 75.1 cm³/mol. The summed E-state index contributed by atoms with van der Waals surface area (Å²) < 4.78 is 6.61. The molecule has 5 heteroatoms. The Balaban J connectivity index is 2.28. The molecule has 18 heavy (non-hydrogen) atoms. The average molecular weight is 309 g/mol. The summed E-state index contributed by atoms with van der Waals surface area (Å²) in [5.74, 6) is 0.731. The molecular formula is C13H13BrN2O2. The van der Waals surface area contributed by atoms with Gasteiger partial charge >= 0.3 is 0 Å². The van der Waals surface area contributed by atoms with Gasteiger partial charge in [0.1, 0.15) is 5.75 Å². The summed E-state index contributed by atoms with van der Waals surface area (Å²) in [5, 5.41) is 13.7. The quantitative estimate of drug-likeness (QED) is 0.396. The van der Waals surface area contributed by atoms with Crippen molar-refractivity contribution in [2.45, 2.75) is 13.0 Å². The van der Waals surface area contributed by atoms with E-state index in [-0.39, 0.29) is 5.84 Å². The summed E-state index contributed by atoms with van der Waals surface area (Å²) in [5.41, 5.74) is 5.47. The van der Waals surface area contributed by atoms with Crippen LogP contribution in [0.5, 0.6) is 5.75 Å². The van der Waals surface area contributed by atoms with E-state index in [1.807, 2.05) is 36.4 Å². The molecule has 0 aliphatic rings. The largest absolute Gasteiger partial charge is 0.483 e. The van der Waals surface area contributed by atoms with Crippen molar-refractivity contribution in [3.8, 4) is 5.75 Å². The van der Waals surface area contributed by atoms with Crippen LogP contribution in [0.4, 0.5) is 0 Å². The van der Waals surface area contributed by atoms with Crippen LogP contribution in [-0.4, -0.2) is 17.1 Å². The molecule has 0 fully saturated rings. The Bertz CT molecular complexity index is 599. The van der Waals surface area contributed by atoms with Crippen molar-refractivity contribution < 1.29 is 9.94 Å². The number of benzene rings is 2. The third kappa shape index (κ3) is 2.73. The molecule has 1 unspecified atom stereocenters. The first-order valence-electron chi connectivity index (χ1n) is 5.43. The number of ether oxygens (including phenoxy) is 1. The van der Waals surface area contributed by atoms with Gasteiger partial charge in [0.2, 0.25) is 0 Å². The zero-order valence-corrected chi connectivity index (χ0v) is 11.4. The minimum Gasteiger partial charge on any atom is -0.483 e. The molecule has 0 bridgehead atoms. The van der Waals surface area contributed by atoms with Gasteiger partial charge in [-0.15, -0.1) is 0 Å². The highest BCUT2D eigenvalue weighted by molar-refractivity contribution is 9.10. The maximum atomic E-state index is 8.56. The third-order valence-electron chi connectivity index (χ3n) is 2.62. The molecular weight excluding hydrogens is 296 g/mol. The second kappa shape index (κ2) is 5.27. The number of hydrogen-bond acceptors (Lipinski definition) is 3. The van der Waals surface area contributed by atoms with E-state index in [2.05, 4.69) is 21.1 Å². The fraction of sp³-hybridized carbons (Fsp3) is 0.154. The van der Waals surface area contributed by atoms with Gasteiger partial charge in [-0.05, 0) is 42.0 Å². The Labute approximate surface area is 113 Å². The molecule has 0 amide bonds. The monoisotopic (exact) mass is 308 g/mol. The lowest BCUT2D eigenvalue weighted by Crippen LogP contribution is -2.31. The molecule has 0 saturated carbocycles. The number of rotatable bonds is 3. The molecule has 0 saturated heterocycles. The smallest absolute Gasteiger partial charge is 0.180 e. The third-order valence-corrected chi connectivity index (χ3v) is 3.11. The van der Waals surface area contributed by atoms with Crippen molar-refractivity contribution in [2.75, 3.05) is 0 Å². The van der Waals surface area contributed by atoms with Gasteiger partial charge in [-0.3, -0.25) is 0 Å². The molecule has 4 nitrogen and oxygen atoms in total. The number of amidine groups is 1. The SMILES string of the molecule is CC(Oc1ccc2cc(Br)ccc2c1)C(N)=NO. The number of oxime groups is 1. The van der Waals surface area contributed by atoms with Crippen molar-refractivity contribution in [1.29, 1.82) is 0 Å². The van der Waals surface area contributed by atoms with Gasteiger partial charge in [0.25, 0.3) is 0 Å². The highest BCUT2D eigenvalue weighted by Crippen LogP contribution is 2.24. The zero-order valence-electron chi connectivity index (χ0n) is 9.80. The van der Waals surface area contributed by atoms with Gasteiger partial charge < -0.3 is 15.7 Å². The van der Waals surface area contributed by atoms with E-state index in [0.29, 0.717) is 5.75 Å². The average Bonchev–Trinajstić information content (AvgIpc) is 2.38. The second-order valence-electron chi connectivity index (χ2n) is 3.94. The maximum absolute atomic E-state index is 8.56. The maximum Gasteiger partial charge on any atom is 0.180 e. The van der Waals surface area contributed by atoms with Crippen LogP contribution in [-0.2, 0) is 0 Å². The summed E-state index contributed by atoms with van der Waals surface area (Å²) in [6.07, 6.45) is -0.470. The van der Waals surface area contributed by atoms with Crippen molar-refractivity contribution in [1.82, 2.24) is 0 Å². The Kier molecular flexibility index (Phi) is 3.72. The summed E-state index contributed by atoms with van der Waals surface area (Å²) in [4.78, 5) is 0. The predicted octanol–water partition coefficient (Wildman–Crippen LogP) is 3.12. The van der Waals surface area contributed by atoms with Gasteiger partial charge in [-0.2, -0.15) is 0 Å². The van der Waals surface area contributed by atoms with Gasteiger partial charge in [0.05, 0.1) is 0 Å². The molecule has 3 N–H and O–H groups in total. The van der Waals surface area contributed by atoms with Crippen LogP contribution in [0.1, 0.15) is 6.92 Å². The van der Waals surface area contributed by atoms with Gasteiger partial charge in [-0.25, -0.2) is 0 Å². The molecule has 2 aromatic carbocycles. The van der Waals surface area contributed by atoms with Crippen LogP contribution < -0.4 is 10.5 Å². The Morgan fingerprint density at radius 2 is 1.94 bits per heavy atom. The molecule has 0 aromatic heterocycles. The first-order valence-corrected chi connectivity index (χ1v) is 6.23. The normalized spacial score (nSPS) is 13.6. The van der Waals surface area contributed by atoms with Crippen molar-refractivity contribution in [3.05, 3.63) is 40.9 Å². The topological polar surface area (TPSA) is 67.8 Å². The molecule has 94 valence electrons. The fourth-order valence-corrected chi connectivity index (χ4v) is 1.99. The molecule has 0 aliphatic carbocycles. The first-order chi connectivity index (χ1) is 8.60. The number of hydrogen-bond donors (Lipinski definition) is 2. The van der Waals surface area contributed by atoms with E-state index < -0.39 is 6.10 Å². The van der Waals surface area contributed by atoms with E-state index in [1.165, 1.54) is 0 Å². The minimum atomic E-state index is -0.470. The number of nitrogens with two attached hydrogens (primary N) is 1. The Morgan fingerprint density at radius 3 is 2.67 bits per heavy atom. The van der Waals surface area contributed by atoms with Gasteiger partial charge in [0, 0.05) is 4.47 Å². The summed E-state index contributed by atoms with van der Waals surface area (Å²) in [7, 11) is 0. The van der Waals surface area contributed by atoms with E-state index in [4.69, 9.17) is 15.7 Å². The fourth-order valence-electron chi connectivity index (χ4n) is 1.61. The molecule has 0 aliphatic heterocycles. The summed E-state index contributed by atoms with van der Waals surface area (Å²) in [6.45, 7) is 1.72. The lowest BCUT2D eigenvalue weighted by molar-refractivity contribution is 0.266. The van der Waals surface area contributed by atoms with Gasteiger partial charge in [-0.1, -0.05) is 33.2 Å². The van der Waals surface area contributed by atoms with Crippen molar-refractivity contribution in [2.24, 2.45) is 10.9 Å². The highest BCUT2D eigenvalue weighted by atomic mass is 79.9. The van der Waals surface area contributed by atoms with Crippen molar-refractivity contribution in [3.63, 3.8) is 0 Å². The highest BCUT2D eigenvalue weighted by Gasteiger charge is 2.09. The van der Waals surface area contributed by atoms with E-state index >= 15 is 0 Å². The molecule has 2 aromatic rings. The Hall–Kier alpha value is -1.75. The minimum absolute atomic E-state index is 0.0471. The second-order valence-corrected chi connectivity index (χ2v) is 4.85. The van der Waals surface area contributed by atoms with Crippen molar-refractivity contribution >= 4 is 32.5 Å². The van der Waals surface area contributed by atoms with Gasteiger partial charge in [0.15, 0.2) is 11.9 Å². The molecule has 0 spiro atoms. The standard InChI is InChI=1S/C13H13BrN2O2/c1-8(13(15)16-17)18-12-5-3-9-6-11(14)4-2-10(9)7-12/h2-8,17H,1H3,(H2,15,16). The van der Waals surface area contributed by atoms with Crippen LogP contribution in [0, 0.1) is 0 Å². The number of halogens is 1. The van der Waals surface area contributed by atoms with Crippen LogP contribution in [0.2, 0.25) is 0 Å². The lowest BCUT2D eigenvalue weighted by atomic mass is 10.1. The number of nitrogens with zero attached hydrogens (tertiary/aromatic N) is 1.